The van der Waals surface area contributed by atoms with E-state index in [1.165, 1.54) is 6.42 Å². The summed E-state index contributed by atoms with van der Waals surface area (Å²) < 4.78 is 0.452. The van der Waals surface area contributed by atoms with E-state index in [4.69, 9.17) is 17.2 Å². The number of nitrogens with two attached hydrogens (primary N) is 3. The molecule has 0 aromatic rings. The van der Waals surface area contributed by atoms with Crippen molar-refractivity contribution in [2.75, 3.05) is 13.1 Å². The number of piperidine rings is 2. The Morgan fingerprint density at radius 2 is 0.972 bits per heavy atom. The van der Waals surface area contributed by atoms with Crippen molar-refractivity contribution in [2.24, 2.45) is 86.2 Å². The monoisotopic (exact) mass is 1370 g/mol. The molecule has 6 rings (SSSR count). The summed E-state index contributed by atoms with van der Waals surface area (Å²) >= 11 is 7.24. The van der Waals surface area contributed by atoms with Crippen molar-refractivity contribution in [1.29, 1.82) is 0 Å². The molecule has 4 saturated carbocycles. The topological polar surface area (TPSA) is 262 Å². The molecule has 0 aromatic heterocycles. The standard InChI is InChI=1S/C27H44N4O5.C22H35N3O4.C3H5I3.ClH/c1-25(2,3)21(29-24(36)30-26(4,5)6)23(35)31-13-16-18(27(16,7)8)19(31)17(32)12-15(11-14-9-10-14)20(33)22(28)34;1-21(2,3)18(23)20(29)25-10-13-15(22(13,4)5)16(25)14(26)9-12(8-11-6-7-11)17(27)19(24)28;1-2-3(4,5)6;/h14-16,18-19,21H,9-13H2,1-8H3,(H2,28,34)(H2,29,30,36);11-13,15-16,18H,6-10,23H2,1-5H3,(H2,24,28);2H2,1H3;1H/t15?,16?,18-,19+,21?;12?,13?,15-,16+,18?;;/m00../s1. The first-order valence-corrected chi connectivity index (χ1v) is 28.6. The number of nitrogens with one attached hydrogen (secondary N) is 2. The van der Waals surface area contributed by atoms with Crippen LogP contribution in [0.25, 0.3) is 0 Å². The first kappa shape index (κ1) is 64.6. The van der Waals surface area contributed by atoms with Gasteiger partial charge in [-0.05, 0) is 97.2 Å². The number of likely N-dealkylation sites (tertiary alicyclic amines) is 2. The van der Waals surface area contributed by atoms with Crippen LogP contribution in [0.3, 0.4) is 0 Å². The number of fused-ring (bicyclic) bond motifs is 2. The molecule has 0 spiro atoms. The first-order chi connectivity index (χ1) is 32.2. The second-order valence-electron chi connectivity index (χ2n) is 25.8. The fraction of sp³-hybridized carbons (Fsp3) is 0.827. The van der Waals surface area contributed by atoms with Crippen molar-refractivity contribution in [3.8, 4) is 0 Å². The van der Waals surface area contributed by atoms with Gasteiger partial charge in [0, 0.05) is 43.3 Å². The third kappa shape index (κ3) is 16.6. The van der Waals surface area contributed by atoms with Crippen LogP contribution in [-0.2, 0) is 38.4 Å². The van der Waals surface area contributed by atoms with Gasteiger partial charge in [-0.3, -0.25) is 38.4 Å². The van der Waals surface area contributed by atoms with E-state index in [0.29, 0.717) is 37.2 Å². The van der Waals surface area contributed by atoms with Gasteiger partial charge in [-0.15, -0.1) is 12.4 Å². The van der Waals surface area contributed by atoms with Gasteiger partial charge < -0.3 is 37.6 Å². The molecule has 0 aromatic carbocycles. The molecular formula is C52H85ClI3N7O9. The van der Waals surface area contributed by atoms with E-state index in [0.717, 1.165) is 25.7 Å². The minimum absolute atomic E-state index is 0. The predicted molar refractivity (Wildman–Crippen MR) is 306 cm³/mol. The van der Waals surface area contributed by atoms with Gasteiger partial charge >= 0.3 is 6.03 Å². The number of carbonyl (C=O) groups excluding carboxylic acids is 9. The van der Waals surface area contributed by atoms with Crippen LogP contribution in [0.2, 0.25) is 0 Å². The molecule has 72 heavy (non-hydrogen) atoms. The highest BCUT2D eigenvalue weighted by Crippen LogP contribution is 2.66. The van der Waals surface area contributed by atoms with Crippen molar-refractivity contribution < 1.29 is 43.2 Å². The number of nitrogens with zero attached hydrogens (tertiary/aromatic N) is 2. The van der Waals surface area contributed by atoms with E-state index < -0.39 is 81.8 Å². The summed E-state index contributed by atoms with van der Waals surface area (Å²) in [6, 6.07) is -3.24. The average Bonchev–Trinajstić information content (AvgIpc) is 4.20. The number of ketones is 4. The normalized spacial score (nSPS) is 26.2. The lowest BCUT2D eigenvalue weighted by atomic mass is 9.84. The fourth-order valence-electron chi connectivity index (χ4n) is 10.8. The van der Waals surface area contributed by atoms with Crippen LogP contribution in [0.15, 0.2) is 0 Å². The summed E-state index contributed by atoms with van der Waals surface area (Å²) in [5.74, 6) is -4.40. The number of hydrogen-bond donors (Lipinski definition) is 5. The van der Waals surface area contributed by atoms with E-state index in [-0.39, 0.29) is 83.1 Å². The maximum absolute atomic E-state index is 13.9. The lowest BCUT2D eigenvalue weighted by Gasteiger charge is -2.38. The van der Waals surface area contributed by atoms with E-state index in [1.807, 2.05) is 62.3 Å². The number of hydrogen-bond acceptors (Lipinski definition) is 10. The highest BCUT2D eigenvalue weighted by atomic mass is 127. The quantitative estimate of drug-likeness (QED) is 0.0514. The van der Waals surface area contributed by atoms with E-state index >= 15 is 0 Å². The van der Waals surface area contributed by atoms with Gasteiger partial charge in [0.25, 0.3) is 11.8 Å². The summed E-state index contributed by atoms with van der Waals surface area (Å²) in [6.07, 6.45) is 6.11. The molecule has 10 atom stereocenters. The Hall–Kier alpha value is -1.73. The first-order valence-electron chi connectivity index (χ1n) is 25.4. The number of alkyl halides is 3. The van der Waals surface area contributed by atoms with Gasteiger partial charge in [0.2, 0.25) is 23.4 Å². The molecule has 2 saturated heterocycles. The largest absolute Gasteiger partial charge is 0.363 e. The van der Waals surface area contributed by atoms with Gasteiger partial charge in [-0.1, -0.05) is 170 Å². The molecule has 4 aliphatic carbocycles. The summed E-state index contributed by atoms with van der Waals surface area (Å²) in [7, 11) is 0. The lowest BCUT2D eigenvalue weighted by Crippen LogP contribution is -2.60. The van der Waals surface area contributed by atoms with Crippen LogP contribution < -0.4 is 27.8 Å². The number of halogens is 4. The van der Waals surface area contributed by atoms with E-state index in [2.05, 4.69) is 113 Å². The Bertz CT molecular complexity index is 2090. The van der Waals surface area contributed by atoms with Crippen LogP contribution in [-0.4, -0.2) is 105 Å². The molecule has 0 radical (unpaired) electrons. The second-order valence-corrected chi connectivity index (χ2v) is 37.5. The molecule has 16 nitrogen and oxygen atoms in total. The van der Waals surface area contributed by atoms with Crippen LogP contribution >= 0.6 is 80.2 Å². The third-order valence-electron chi connectivity index (χ3n) is 15.9. The number of amides is 6. The maximum atomic E-state index is 13.9. The molecule has 6 amide bonds. The Kier molecular flexibility index (Phi) is 21.4. The van der Waals surface area contributed by atoms with Gasteiger partial charge in [0.15, 0.2) is 11.6 Å². The predicted octanol–water partition coefficient (Wildman–Crippen LogP) is 7.46. The van der Waals surface area contributed by atoms with Crippen LogP contribution in [0.4, 0.5) is 4.79 Å². The maximum Gasteiger partial charge on any atom is 0.315 e. The summed E-state index contributed by atoms with van der Waals surface area (Å²) in [5.41, 5.74) is 15.1. The molecule has 20 heteroatoms. The number of urea groups is 1. The zero-order valence-corrected chi connectivity index (χ0v) is 52.3. The summed E-state index contributed by atoms with van der Waals surface area (Å²) in [4.78, 5) is 118. The zero-order chi connectivity index (χ0) is 54.5. The highest BCUT2D eigenvalue weighted by molar-refractivity contribution is 14.3. The van der Waals surface area contributed by atoms with E-state index in [9.17, 15) is 43.2 Å². The van der Waals surface area contributed by atoms with Gasteiger partial charge in [-0.2, -0.15) is 0 Å². The number of rotatable bonds is 18. The average molecular weight is 1370 g/mol. The highest BCUT2D eigenvalue weighted by Gasteiger charge is 2.70. The molecular weight excluding hydrogens is 1280 g/mol. The van der Waals surface area contributed by atoms with Crippen LogP contribution in [0.5, 0.6) is 0 Å². The number of carbonyl (C=O) groups is 9. The van der Waals surface area contributed by atoms with Crippen LogP contribution in [0, 0.1) is 69.0 Å². The van der Waals surface area contributed by atoms with Gasteiger partial charge in [0.05, 0.1) is 18.1 Å². The molecule has 410 valence electrons. The molecule has 0 bridgehead atoms. The molecule has 8 N–H and O–H groups in total. The molecule has 6 fully saturated rings. The van der Waals surface area contributed by atoms with Crippen molar-refractivity contribution >= 4 is 133 Å². The van der Waals surface area contributed by atoms with Crippen molar-refractivity contribution in [3.05, 3.63) is 0 Å². The smallest absolute Gasteiger partial charge is 0.315 e. The Morgan fingerprint density at radius 1 is 0.625 bits per heavy atom. The SMILES string of the molecule is CC(C)(C)C(N)C(=O)N1CC2[C@@H]([C@H]1C(=O)CC(CC1CC1)C(=O)C(N)=O)C2(C)C.CC(C)(C)NC(=O)NC(C(=O)N1CC2[C@@H]([C@H]1C(=O)CC(CC1CC1)C(=O)C(N)=O)C2(C)C)C(C)(C)C.CCC(I)(I)I.Cl. The minimum Gasteiger partial charge on any atom is -0.363 e. The van der Waals surface area contributed by atoms with Crippen molar-refractivity contribution in [3.63, 3.8) is 0 Å². The minimum atomic E-state index is -1.01. The van der Waals surface area contributed by atoms with E-state index in [1.54, 1.807) is 9.80 Å². The van der Waals surface area contributed by atoms with Gasteiger partial charge in [-0.25, -0.2) is 4.79 Å². The number of Topliss-reactive ketones (excluding diaryl/α,β-unsaturated/α-hetero) is 4. The fourth-order valence-corrected chi connectivity index (χ4v) is 10.8. The zero-order valence-electron chi connectivity index (χ0n) is 45.0. The Morgan fingerprint density at radius 3 is 1.25 bits per heavy atom. The number of primary amides is 2. The molecule has 6 aliphatic rings. The second kappa shape index (κ2) is 23.9. The van der Waals surface area contributed by atoms with Crippen molar-refractivity contribution in [1.82, 2.24) is 20.4 Å². The molecule has 2 heterocycles. The summed E-state index contributed by atoms with van der Waals surface area (Å²) in [5, 5.41) is 5.68. The van der Waals surface area contributed by atoms with Crippen LogP contribution in [0.1, 0.15) is 155 Å². The third-order valence-corrected chi connectivity index (χ3v) is 18.2. The molecule has 2 aliphatic heterocycles. The lowest BCUT2D eigenvalue weighted by molar-refractivity contribution is -0.144. The van der Waals surface area contributed by atoms with Gasteiger partial charge in [0.1, 0.15) is 5.48 Å². The summed E-state index contributed by atoms with van der Waals surface area (Å²) in [6.45, 7) is 28.5. The molecule has 6 unspecified atom stereocenters. The Balaban J connectivity index is 0.000000343. The Labute approximate surface area is 475 Å². The van der Waals surface area contributed by atoms with Crippen molar-refractivity contribution in [2.45, 2.75) is 184 Å².